The molecule has 0 saturated heterocycles. The second kappa shape index (κ2) is 6.06. The van der Waals surface area contributed by atoms with Crippen LogP contribution in [0.3, 0.4) is 0 Å². The molecule has 0 amide bonds. The average Bonchev–Trinajstić information content (AvgIpc) is 2.20. The molecule has 0 unspecified atom stereocenters. The molecule has 0 aromatic carbocycles. The molecular weight excluding hydrogens is 202 g/mol. The number of nitrogens with one attached hydrogen (secondary N) is 3. The molecule has 5 nitrogen and oxygen atoms in total. The van der Waals surface area contributed by atoms with Gasteiger partial charge < -0.3 is 10.6 Å². The maximum absolute atomic E-state index is 7.62. The van der Waals surface area contributed by atoms with E-state index in [1.165, 1.54) is 17.9 Å². The largest absolute Gasteiger partial charge is 0.353 e. The van der Waals surface area contributed by atoms with E-state index in [1.54, 1.807) is 7.05 Å². The molecule has 94 valence electrons. The van der Waals surface area contributed by atoms with Crippen molar-refractivity contribution in [3.05, 3.63) is 0 Å². The summed E-state index contributed by atoms with van der Waals surface area (Å²) in [6, 6.07) is 1.61. The average molecular weight is 227 g/mol. The molecule has 0 aromatic heterocycles. The third-order valence-corrected chi connectivity index (χ3v) is 2.99. The van der Waals surface area contributed by atoms with Crippen LogP contribution in [0.15, 0.2) is 0 Å². The van der Waals surface area contributed by atoms with E-state index in [2.05, 4.69) is 24.5 Å². The fourth-order valence-corrected chi connectivity index (χ4v) is 2.17. The Morgan fingerprint density at radius 3 is 2.19 bits per heavy atom. The Balaban J connectivity index is 2.24. The Kier molecular flexibility index (Phi) is 5.02. The van der Waals surface area contributed by atoms with Gasteiger partial charge in [-0.2, -0.15) is 0 Å². The van der Waals surface area contributed by atoms with Crippen molar-refractivity contribution >= 4 is 5.96 Å². The molecule has 0 radical (unpaired) electrons. The molecule has 1 aliphatic rings. The molecule has 1 aliphatic carbocycles. The molecule has 1 rings (SSSR count). The summed E-state index contributed by atoms with van der Waals surface area (Å²) in [5, 5.41) is 15.6. The number of hydrogen-bond acceptors (Lipinski definition) is 3. The minimum absolute atomic E-state index is 0.306. The number of hydrazine groups is 1. The number of guanidine groups is 1. The fraction of sp³-hybridized carbons (Fsp3) is 0.909. The van der Waals surface area contributed by atoms with Crippen LogP contribution in [0, 0.1) is 5.41 Å². The van der Waals surface area contributed by atoms with Crippen molar-refractivity contribution in [1.29, 1.82) is 5.41 Å². The second-order valence-corrected chi connectivity index (χ2v) is 4.97. The Hall–Kier alpha value is -0.810. The van der Waals surface area contributed by atoms with Gasteiger partial charge in [0.05, 0.1) is 0 Å². The summed E-state index contributed by atoms with van der Waals surface area (Å²) in [4.78, 5) is 0. The number of hydrogen-bond donors (Lipinski definition) is 4. The Labute approximate surface area is 98.2 Å². The van der Waals surface area contributed by atoms with Gasteiger partial charge in [0, 0.05) is 25.2 Å². The van der Waals surface area contributed by atoms with E-state index in [9.17, 15) is 0 Å². The lowest BCUT2D eigenvalue weighted by Gasteiger charge is -2.32. The highest BCUT2D eigenvalue weighted by atomic mass is 15.5. The number of nitrogens with zero attached hydrogens (tertiary/aromatic N) is 1. The van der Waals surface area contributed by atoms with Crippen LogP contribution in [-0.2, 0) is 0 Å². The molecule has 0 aromatic rings. The van der Waals surface area contributed by atoms with Crippen molar-refractivity contribution in [3.63, 3.8) is 0 Å². The second-order valence-electron chi connectivity index (χ2n) is 4.97. The van der Waals surface area contributed by atoms with Crippen LogP contribution >= 0.6 is 0 Å². The lowest BCUT2D eigenvalue weighted by Crippen LogP contribution is -2.49. The van der Waals surface area contributed by atoms with Gasteiger partial charge in [-0.25, -0.2) is 5.84 Å². The van der Waals surface area contributed by atoms with Crippen molar-refractivity contribution < 1.29 is 0 Å². The first-order chi connectivity index (χ1) is 7.49. The quantitative estimate of drug-likeness (QED) is 0.247. The van der Waals surface area contributed by atoms with E-state index >= 15 is 0 Å². The van der Waals surface area contributed by atoms with Crippen molar-refractivity contribution in [1.82, 2.24) is 15.6 Å². The van der Waals surface area contributed by atoms with Crippen LogP contribution < -0.4 is 16.5 Å². The van der Waals surface area contributed by atoms with Crippen LogP contribution in [0.25, 0.3) is 0 Å². The third-order valence-electron chi connectivity index (χ3n) is 2.99. The molecule has 5 heteroatoms. The lowest BCUT2D eigenvalue weighted by atomic mass is 9.91. The van der Waals surface area contributed by atoms with Crippen LogP contribution in [0.4, 0.5) is 0 Å². The fourth-order valence-electron chi connectivity index (χ4n) is 2.17. The number of nitrogens with two attached hydrogens (primary N) is 1. The minimum atomic E-state index is 0.306. The summed E-state index contributed by atoms with van der Waals surface area (Å²) in [5.74, 6) is 5.79. The predicted octanol–water partition coefficient (Wildman–Crippen LogP) is 0.625. The van der Waals surface area contributed by atoms with E-state index in [4.69, 9.17) is 11.3 Å². The van der Waals surface area contributed by atoms with Gasteiger partial charge in [0.25, 0.3) is 0 Å². The van der Waals surface area contributed by atoms with Gasteiger partial charge >= 0.3 is 0 Å². The van der Waals surface area contributed by atoms with Gasteiger partial charge in [-0.1, -0.05) is 13.8 Å². The highest BCUT2D eigenvalue weighted by Crippen LogP contribution is 2.19. The summed E-state index contributed by atoms with van der Waals surface area (Å²) in [7, 11) is 1.68. The molecule has 0 bridgehead atoms. The zero-order chi connectivity index (χ0) is 12.1. The van der Waals surface area contributed by atoms with Gasteiger partial charge in [-0.05, 0) is 25.7 Å². The van der Waals surface area contributed by atoms with Crippen LogP contribution in [0.2, 0.25) is 0 Å². The normalized spacial score (nSPS) is 25.6. The van der Waals surface area contributed by atoms with Crippen LogP contribution in [0.1, 0.15) is 39.5 Å². The molecule has 16 heavy (non-hydrogen) atoms. The summed E-state index contributed by atoms with van der Waals surface area (Å²) >= 11 is 0. The topological polar surface area (TPSA) is 77.2 Å². The Bertz CT molecular complexity index is 218. The van der Waals surface area contributed by atoms with Crippen molar-refractivity contribution in [2.24, 2.45) is 5.84 Å². The SMILES string of the molecule is CC(C)N[C@H]1CC[C@H](NC(=N)N(C)N)CC1. The molecule has 0 atom stereocenters. The smallest absolute Gasteiger partial charge is 0.205 e. The van der Waals surface area contributed by atoms with Crippen molar-refractivity contribution in [2.45, 2.75) is 57.7 Å². The summed E-state index contributed by atoms with van der Waals surface area (Å²) in [5.41, 5.74) is 0. The summed E-state index contributed by atoms with van der Waals surface area (Å²) < 4.78 is 0. The predicted molar refractivity (Wildman–Crippen MR) is 67.1 cm³/mol. The standard InChI is InChI=1S/C11H25N5/c1-8(2)14-9-4-6-10(7-5-9)15-11(12)16(3)13/h8-10,14H,4-7,13H2,1-3H3,(H2,12,15)/t9-,10-. The molecule has 0 aliphatic heterocycles. The highest BCUT2D eigenvalue weighted by molar-refractivity contribution is 5.75. The van der Waals surface area contributed by atoms with Crippen molar-refractivity contribution in [3.8, 4) is 0 Å². The first-order valence-corrected chi connectivity index (χ1v) is 6.08. The summed E-state index contributed by atoms with van der Waals surface area (Å²) in [6.45, 7) is 4.37. The van der Waals surface area contributed by atoms with Gasteiger partial charge in [0.1, 0.15) is 0 Å². The minimum Gasteiger partial charge on any atom is -0.353 e. The van der Waals surface area contributed by atoms with Gasteiger partial charge in [-0.15, -0.1) is 0 Å². The van der Waals surface area contributed by atoms with Crippen LogP contribution in [-0.4, -0.2) is 36.1 Å². The van der Waals surface area contributed by atoms with Crippen LogP contribution in [0.5, 0.6) is 0 Å². The maximum atomic E-state index is 7.62. The third kappa shape index (κ3) is 4.37. The Morgan fingerprint density at radius 1 is 1.25 bits per heavy atom. The van der Waals surface area contributed by atoms with E-state index < -0.39 is 0 Å². The number of rotatable bonds is 3. The molecule has 1 fully saturated rings. The van der Waals surface area contributed by atoms with Gasteiger partial charge in [-0.3, -0.25) is 10.4 Å². The zero-order valence-electron chi connectivity index (χ0n) is 10.6. The molecule has 5 N–H and O–H groups in total. The first kappa shape index (κ1) is 13.3. The highest BCUT2D eigenvalue weighted by Gasteiger charge is 2.22. The van der Waals surface area contributed by atoms with E-state index in [-0.39, 0.29) is 0 Å². The summed E-state index contributed by atoms with van der Waals surface area (Å²) in [6.07, 6.45) is 4.58. The zero-order valence-corrected chi connectivity index (χ0v) is 10.6. The molecular formula is C11H25N5. The molecule has 0 spiro atoms. The monoisotopic (exact) mass is 227 g/mol. The Morgan fingerprint density at radius 2 is 1.75 bits per heavy atom. The van der Waals surface area contributed by atoms with Crippen molar-refractivity contribution in [2.75, 3.05) is 7.05 Å². The van der Waals surface area contributed by atoms with Gasteiger partial charge in [0.15, 0.2) is 0 Å². The van der Waals surface area contributed by atoms with E-state index in [0.29, 0.717) is 24.1 Å². The maximum Gasteiger partial charge on any atom is 0.205 e. The van der Waals surface area contributed by atoms with E-state index in [1.807, 2.05) is 0 Å². The van der Waals surface area contributed by atoms with Gasteiger partial charge in [0.2, 0.25) is 5.96 Å². The lowest BCUT2D eigenvalue weighted by molar-refractivity contribution is 0.307. The molecule has 0 heterocycles. The van der Waals surface area contributed by atoms with E-state index in [0.717, 1.165) is 12.8 Å². The first-order valence-electron chi connectivity index (χ1n) is 6.08. The molecule has 1 saturated carbocycles.